The number of fused-ring (bicyclic) bond motifs is 1. The van der Waals surface area contributed by atoms with Gasteiger partial charge in [-0.2, -0.15) is 0 Å². The molecule has 0 radical (unpaired) electrons. The Balaban J connectivity index is 2.08. The summed E-state index contributed by atoms with van der Waals surface area (Å²) in [6.45, 7) is 5.25. The van der Waals surface area contributed by atoms with E-state index in [9.17, 15) is 5.11 Å². The summed E-state index contributed by atoms with van der Waals surface area (Å²) in [5, 5.41) is 9.34. The van der Waals surface area contributed by atoms with Crippen LogP contribution in [0, 0.1) is 22.2 Å². The van der Waals surface area contributed by atoms with Gasteiger partial charge in [-0.05, 0) is 36.0 Å². The molecule has 5 aliphatic rings. The second kappa shape index (κ2) is 1.28. The maximum Gasteiger partial charge on any atom is 0.0495 e. The Bertz CT molecular complexity index is 237. The van der Waals surface area contributed by atoms with Gasteiger partial charge < -0.3 is 5.11 Å². The van der Waals surface area contributed by atoms with Crippen LogP contribution in [-0.2, 0) is 0 Å². The van der Waals surface area contributed by atoms with Crippen molar-refractivity contribution in [3.63, 3.8) is 0 Å². The quantitative estimate of drug-likeness (QED) is 0.607. The molecule has 0 aliphatic heterocycles. The largest absolute Gasteiger partial charge is 0.396 e. The van der Waals surface area contributed by atoms with Crippen LogP contribution in [0.2, 0.25) is 0 Å². The fourth-order valence-corrected chi connectivity index (χ4v) is 4.83. The van der Waals surface area contributed by atoms with E-state index in [0.717, 1.165) is 5.92 Å². The van der Waals surface area contributed by atoms with Crippen LogP contribution in [0.4, 0.5) is 0 Å². The van der Waals surface area contributed by atoms with Gasteiger partial charge in [0.15, 0.2) is 0 Å². The molecule has 1 nitrogen and oxygen atoms in total. The summed E-state index contributed by atoms with van der Waals surface area (Å²) in [6, 6.07) is 0. The first-order valence-corrected chi connectivity index (χ1v) is 4.72. The van der Waals surface area contributed by atoms with Gasteiger partial charge in [0.2, 0.25) is 0 Å². The van der Waals surface area contributed by atoms with E-state index in [4.69, 9.17) is 0 Å². The summed E-state index contributed by atoms with van der Waals surface area (Å²) in [7, 11) is 0. The minimum atomic E-state index is 0.391. The van der Waals surface area contributed by atoms with Crippen molar-refractivity contribution in [2.75, 3.05) is 6.61 Å². The molecule has 0 aromatic heterocycles. The van der Waals surface area contributed by atoms with Crippen LogP contribution in [0.3, 0.4) is 0 Å². The monoisotopic (exact) mass is 152 g/mol. The molecule has 62 valence electrons. The van der Waals surface area contributed by atoms with E-state index in [0.29, 0.717) is 22.9 Å². The molecule has 0 aromatic carbocycles. The highest BCUT2D eigenvalue weighted by atomic mass is 16.3. The number of hydrogen-bond donors (Lipinski definition) is 1. The van der Waals surface area contributed by atoms with E-state index in [1.165, 1.54) is 19.3 Å². The highest BCUT2D eigenvalue weighted by Gasteiger charge is 2.88. The topological polar surface area (TPSA) is 20.2 Å². The Morgan fingerprint density at radius 3 is 2.45 bits per heavy atom. The fourth-order valence-electron chi connectivity index (χ4n) is 4.83. The molecule has 4 bridgehead atoms. The predicted molar refractivity (Wildman–Crippen MR) is 43.1 cm³/mol. The molecule has 0 saturated heterocycles. The Labute approximate surface area is 67.8 Å². The van der Waals surface area contributed by atoms with Crippen molar-refractivity contribution in [1.29, 1.82) is 0 Å². The highest BCUT2D eigenvalue weighted by Crippen LogP contribution is 2.93. The van der Waals surface area contributed by atoms with E-state index in [1.807, 2.05) is 0 Å². The van der Waals surface area contributed by atoms with Gasteiger partial charge in [-0.25, -0.2) is 0 Å². The average molecular weight is 152 g/mol. The first-order chi connectivity index (χ1) is 5.11. The summed E-state index contributed by atoms with van der Waals surface area (Å²) < 4.78 is 0. The summed E-state index contributed by atoms with van der Waals surface area (Å²) in [5.74, 6) is 0.880. The second-order valence-corrected chi connectivity index (χ2v) is 5.33. The van der Waals surface area contributed by atoms with E-state index >= 15 is 0 Å². The summed E-state index contributed by atoms with van der Waals surface area (Å²) in [6.07, 6.45) is 4.06. The van der Waals surface area contributed by atoms with Crippen LogP contribution in [0.5, 0.6) is 0 Å². The van der Waals surface area contributed by atoms with Crippen LogP contribution in [0.15, 0.2) is 0 Å². The van der Waals surface area contributed by atoms with Crippen molar-refractivity contribution in [1.82, 2.24) is 0 Å². The van der Waals surface area contributed by atoms with E-state index in [1.54, 1.807) is 0 Å². The molecule has 0 spiro atoms. The van der Waals surface area contributed by atoms with Gasteiger partial charge >= 0.3 is 0 Å². The molecule has 1 heteroatoms. The standard InChI is InChI=1S/C10H16O/c1-8-5-10(6-11)7(8)3-4-9(8,10)2/h7,11H,3-6H2,1-2H3. The van der Waals surface area contributed by atoms with Crippen molar-refractivity contribution in [2.45, 2.75) is 33.1 Å². The van der Waals surface area contributed by atoms with Crippen molar-refractivity contribution < 1.29 is 5.11 Å². The minimum Gasteiger partial charge on any atom is -0.396 e. The van der Waals surface area contributed by atoms with Crippen LogP contribution < -0.4 is 0 Å². The zero-order valence-corrected chi connectivity index (χ0v) is 7.35. The highest BCUT2D eigenvalue weighted by molar-refractivity contribution is 5.36. The third kappa shape index (κ3) is 0.312. The Morgan fingerprint density at radius 1 is 1.45 bits per heavy atom. The van der Waals surface area contributed by atoms with Gasteiger partial charge in [-0.3, -0.25) is 0 Å². The van der Waals surface area contributed by atoms with Gasteiger partial charge in [0.05, 0.1) is 0 Å². The first kappa shape index (κ1) is 6.47. The summed E-state index contributed by atoms with van der Waals surface area (Å²) in [4.78, 5) is 0. The maximum absolute atomic E-state index is 9.34. The smallest absolute Gasteiger partial charge is 0.0495 e. The molecule has 5 fully saturated rings. The fraction of sp³-hybridized carbons (Fsp3) is 1.00. The van der Waals surface area contributed by atoms with Crippen LogP contribution >= 0.6 is 0 Å². The zero-order chi connectivity index (χ0) is 7.91. The summed E-state index contributed by atoms with van der Waals surface area (Å²) >= 11 is 0. The molecule has 4 unspecified atom stereocenters. The lowest BCUT2D eigenvalue weighted by Crippen LogP contribution is -2.79. The molecule has 0 amide bonds. The second-order valence-electron chi connectivity index (χ2n) is 5.33. The normalized spacial score (nSPS) is 70.6. The molecule has 5 rings (SSSR count). The van der Waals surface area contributed by atoms with E-state index < -0.39 is 0 Å². The zero-order valence-electron chi connectivity index (χ0n) is 7.35. The molecule has 5 saturated carbocycles. The maximum atomic E-state index is 9.34. The lowest BCUT2D eigenvalue weighted by Gasteiger charge is -2.82. The molecule has 11 heavy (non-hydrogen) atoms. The van der Waals surface area contributed by atoms with E-state index in [-0.39, 0.29) is 0 Å². The van der Waals surface area contributed by atoms with Crippen molar-refractivity contribution in [3.05, 3.63) is 0 Å². The van der Waals surface area contributed by atoms with Crippen molar-refractivity contribution in [2.24, 2.45) is 22.2 Å². The van der Waals surface area contributed by atoms with Gasteiger partial charge in [0.1, 0.15) is 0 Å². The van der Waals surface area contributed by atoms with Crippen LogP contribution in [0.25, 0.3) is 0 Å². The minimum absolute atomic E-state index is 0.391. The Hall–Kier alpha value is -0.0400. The summed E-state index contributed by atoms with van der Waals surface area (Å²) in [5.41, 5.74) is 1.55. The predicted octanol–water partition coefficient (Wildman–Crippen LogP) is 1.80. The third-order valence-corrected chi connectivity index (χ3v) is 5.69. The van der Waals surface area contributed by atoms with Gasteiger partial charge in [-0.15, -0.1) is 0 Å². The van der Waals surface area contributed by atoms with Crippen molar-refractivity contribution >= 4 is 0 Å². The number of hydrogen-bond acceptors (Lipinski definition) is 1. The number of aliphatic hydroxyl groups is 1. The molecular formula is C10H16O. The van der Waals surface area contributed by atoms with E-state index in [2.05, 4.69) is 13.8 Å². The Kier molecular flexibility index (Phi) is 0.755. The number of aliphatic hydroxyl groups excluding tert-OH is 1. The van der Waals surface area contributed by atoms with Crippen LogP contribution in [0.1, 0.15) is 33.1 Å². The Morgan fingerprint density at radius 2 is 2.18 bits per heavy atom. The SMILES string of the molecule is CC12CC3(CO)C1CCC23C. The van der Waals surface area contributed by atoms with Gasteiger partial charge in [0.25, 0.3) is 0 Å². The molecule has 5 aliphatic carbocycles. The lowest BCUT2D eigenvalue weighted by atomic mass is 9.22. The van der Waals surface area contributed by atoms with Gasteiger partial charge in [0, 0.05) is 12.0 Å². The lowest BCUT2D eigenvalue weighted by molar-refractivity contribution is -0.361. The molecular weight excluding hydrogens is 136 g/mol. The van der Waals surface area contributed by atoms with Gasteiger partial charge in [-0.1, -0.05) is 13.8 Å². The van der Waals surface area contributed by atoms with Crippen molar-refractivity contribution in [3.8, 4) is 0 Å². The first-order valence-electron chi connectivity index (χ1n) is 4.72. The molecule has 4 atom stereocenters. The van der Waals surface area contributed by atoms with Crippen LogP contribution in [-0.4, -0.2) is 11.7 Å². The molecule has 0 heterocycles. The third-order valence-electron chi connectivity index (χ3n) is 5.69. The molecule has 1 N–H and O–H groups in total. The molecule has 0 aromatic rings. The average Bonchev–Trinajstić information content (AvgIpc) is 2.34. The number of rotatable bonds is 1.